The van der Waals surface area contributed by atoms with Crippen molar-refractivity contribution in [3.8, 4) is 5.88 Å². The number of anilines is 1. The predicted octanol–water partition coefficient (Wildman–Crippen LogP) is 2.21. The van der Waals surface area contributed by atoms with Gasteiger partial charge in [0.15, 0.2) is 0 Å². The van der Waals surface area contributed by atoms with Crippen LogP contribution in [0.5, 0.6) is 5.88 Å². The molecular formula is C9H6F6N2O3. The van der Waals surface area contributed by atoms with Gasteiger partial charge >= 0.3 is 18.5 Å². The van der Waals surface area contributed by atoms with Crippen molar-refractivity contribution in [3.05, 3.63) is 17.2 Å². The number of carboxylic acid groups (broad SMARTS) is 1. The number of rotatable bonds is 3. The van der Waals surface area contributed by atoms with Crippen molar-refractivity contribution < 1.29 is 41.0 Å². The summed E-state index contributed by atoms with van der Waals surface area (Å²) in [6.07, 6.45) is -11.8. The van der Waals surface area contributed by atoms with Gasteiger partial charge in [0.2, 0.25) is 5.88 Å². The third kappa shape index (κ3) is 4.17. The molecule has 3 N–H and O–H groups in total. The number of nitrogen functional groups attached to an aromatic ring is 1. The maximum absolute atomic E-state index is 12.7. The number of aromatic nitrogens is 1. The van der Waals surface area contributed by atoms with Gasteiger partial charge in [-0.25, -0.2) is 0 Å². The van der Waals surface area contributed by atoms with Crippen LogP contribution in [0.4, 0.5) is 32.2 Å². The summed E-state index contributed by atoms with van der Waals surface area (Å²) < 4.78 is 77.6. The van der Waals surface area contributed by atoms with Crippen LogP contribution in [-0.4, -0.2) is 22.4 Å². The van der Waals surface area contributed by atoms with E-state index in [-0.39, 0.29) is 6.07 Å². The fourth-order valence-electron chi connectivity index (χ4n) is 1.34. The fourth-order valence-corrected chi connectivity index (χ4v) is 1.34. The van der Waals surface area contributed by atoms with Crippen molar-refractivity contribution in [3.63, 3.8) is 0 Å². The second kappa shape index (κ2) is 5.06. The smallest absolute Gasteiger partial charge is 0.481 e. The molecule has 0 aliphatic carbocycles. The molecule has 0 bridgehead atoms. The molecule has 0 radical (unpaired) electrons. The Morgan fingerprint density at radius 1 is 1.30 bits per heavy atom. The molecule has 0 atom stereocenters. The van der Waals surface area contributed by atoms with E-state index in [0.717, 1.165) is 0 Å². The van der Waals surface area contributed by atoms with E-state index in [4.69, 9.17) is 10.8 Å². The summed E-state index contributed by atoms with van der Waals surface area (Å²) in [4.78, 5) is 13.4. The van der Waals surface area contributed by atoms with Crippen LogP contribution >= 0.6 is 0 Å². The number of carboxylic acids is 1. The van der Waals surface area contributed by atoms with Gasteiger partial charge in [-0.2, -0.15) is 18.2 Å². The lowest BCUT2D eigenvalue weighted by Gasteiger charge is -2.17. The molecule has 0 saturated carbocycles. The van der Waals surface area contributed by atoms with E-state index in [1.807, 2.05) is 0 Å². The van der Waals surface area contributed by atoms with Crippen molar-refractivity contribution in [2.24, 2.45) is 0 Å². The molecule has 20 heavy (non-hydrogen) atoms. The van der Waals surface area contributed by atoms with Crippen LogP contribution in [0.25, 0.3) is 0 Å². The van der Waals surface area contributed by atoms with Gasteiger partial charge in [0.25, 0.3) is 0 Å². The Labute approximate surface area is 107 Å². The SMILES string of the molecule is Nc1cc(C(F)(F)F)c(CC(=O)O)c(OC(F)(F)F)n1. The van der Waals surface area contributed by atoms with Gasteiger partial charge in [-0.3, -0.25) is 4.79 Å². The average Bonchev–Trinajstić information content (AvgIpc) is 2.16. The zero-order chi connectivity index (χ0) is 15.7. The number of halogens is 6. The number of ether oxygens (including phenoxy) is 1. The van der Waals surface area contributed by atoms with E-state index >= 15 is 0 Å². The Hall–Kier alpha value is -2.20. The molecule has 0 amide bonds. The molecule has 1 heterocycles. The summed E-state index contributed by atoms with van der Waals surface area (Å²) in [5.41, 5.74) is 2.07. The van der Waals surface area contributed by atoms with Gasteiger partial charge in [0, 0.05) is 5.56 Å². The van der Waals surface area contributed by atoms with E-state index in [0.29, 0.717) is 0 Å². The van der Waals surface area contributed by atoms with Gasteiger partial charge in [-0.15, -0.1) is 13.2 Å². The first-order valence-electron chi connectivity index (χ1n) is 4.74. The largest absolute Gasteiger partial charge is 0.574 e. The van der Waals surface area contributed by atoms with Crippen LogP contribution in [0.15, 0.2) is 6.07 Å². The van der Waals surface area contributed by atoms with Gasteiger partial charge in [0.05, 0.1) is 12.0 Å². The molecule has 0 saturated heterocycles. The normalized spacial score (nSPS) is 12.3. The number of nitrogens with two attached hydrogens (primary N) is 1. The molecule has 1 aromatic heterocycles. The highest BCUT2D eigenvalue weighted by atomic mass is 19.4. The number of aliphatic carboxylic acids is 1. The number of alkyl halides is 6. The molecule has 0 aliphatic heterocycles. The van der Waals surface area contributed by atoms with Crippen LogP contribution in [0, 0.1) is 0 Å². The first-order chi connectivity index (χ1) is 8.90. The highest BCUT2D eigenvalue weighted by Crippen LogP contribution is 2.38. The van der Waals surface area contributed by atoms with E-state index in [1.165, 1.54) is 0 Å². The first-order valence-corrected chi connectivity index (χ1v) is 4.74. The highest BCUT2D eigenvalue weighted by Gasteiger charge is 2.39. The molecule has 0 fully saturated rings. The maximum Gasteiger partial charge on any atom is 0.574 e. The van der Waals surface area contributed by atoms with Gasteiger partial charge in [-0.1, -0.05) is 0 Å². The number of carbonyl (C=O) groups is 1. The predicted molar refractivity (Wildman–Crippen MR) is 51.7 cm³/mol. The number of pyridine rings is 1. The zero-order valence-corrected chi connectivity index (χ0v) is 9.34. The molecule has 5 nitrogen and oxygen atoms in total. The van der Waals surface area contributed by atoms with E-state index < -0.39 is 47.8 Å². The minimum atomic E-state index is -5.34. The Morgan fingerprint density at radius 2 is 1.85 bits per heavy atom. The third-order valence-electron chi connectivity index (χ3n) is 1.95. The Morgan fingerprint density at radius 3 is 2.25 bits per heavy atom. The van der Waals surface area contributed by atoms with Crippen LogP contribution < -0.4 is 10.5 Å². The van der Waals surface area contributed by atoms with E-state index in [2.05, 4.69) is 9.72 Å². The Kier molecular flexibility index (Phi) is 4.01. The fraction of sp³-hybridized carbons (Fsp3) is 0.333. The molecule has 11 heteroatoms. The zero-order valence-electron chi connectivity index (χ0n) is 9.34. The monoisotopic (exact) mass is 304 g/mol. The first kappa shape index (κ1) is 15.9. The number of nitrogens with zero attached hydrogens (tertiary/aromatic N) is 1. The minimum absolute atomic E-state index is 0.238. The number of hydrogen-bond acceptors (Lipinski definition) is 4. The van der Waals surface area contributed by atoms with Crippen LogP contribution in [0.1, 0.15) is 11.1 Å². The lowest BCUT2D eigenvalue weighted by molar-refractivity contribution is -0.276. The number of hydrogen-bond donors (Lipinski definition) is 2. The molecule has 0 aromatic carbocycles. The highest BCUT2D eigenvalue weighted by molar-refractivity contribution is 5.72. The molecule has 0 unspecified atom stereocenters. The molecule has 112 valence electrons. The Balaban J connectivity index is 3.48. The van der Waals surface area contributed by atoms with E-state index in [9.17, 15) is 31.1 Å². The molecule has 0 aliphatic rings. The van der Waals surface area contributed by atoms with Crippen LogP contribution in [0.3, 0.4) is 0 Å². The van der Waals surface area contributed by atoms with Crippen LogP contribution in [0.2, 0.25) is 0 Å². The molecule has 1 aromatic rings. The average molecular weight is 304 g/mol. The summed E-state index contributed by atoms with van der Waals surface area (Å²) in [6.45, 7) is 0. The topological polar surface area (TPSA) is 85.4 Å². The summed E-state index contributed by atoms with van der Waals surface area (Å²) in [6, 6.07) is 0.238. The summed E-state index contributed by atoms with van der Waals surface area (Å²) in [5, 5.41) is 8.49. The minimum Gasteiger partial charge on any atom is -0.481 e. The Bertz CT molecular complexity index is 526. The second-order valence-electron chi connectivity index (χ2n) is 3.49. The lowest BCUT2D eigenvalue weighted by Crippen LogP contribution is -2.22. The summed E-state index contributed by atoms with van der Waals surface area (Å²) in [7, 11) is 0. The van der Waals surface area contributed by atoms with Crippen molar-refractivity contribution >= 4 is 11.8 Å². The second-order valence-corrected chi connectivity index (χ2v) is 3.49. The van der Waals surface area contributed by atoms with Crippen molar-refractivity contribution in [1.29, 1.82) is 0 Å². The van der Waals surface area contributed by atoms with Crippen molar-refractivity contribution in [2.75, 3.05) is 5.73 Å². The lowest BCUT2D eigenvalue weighted by atomic mass is 10.1. The van der Waals surface area contributed by atoms with Gasteiger partial charge < -0.3 is 15.6 Å². The molecular weight excluding hydrogens is 298 g/mol. The third-order valence-corrected chi connectivity index (χ3v) is 1.95. The quantitative estimate of drug-likeness (QED) is 0.836. The van der Waals surface area contributed by atoms with Crippen LogP contribution in [-0.2, 0) is 17.4 Å². The maximum atomic E-state index is 12.7. The van der Waals surface area contributed by atoms with Gasteiger partial charge in [-0.05, 0) is 6.07 Å². The standard InChI is InChI=1S/C9H6F6N2O3/c10-8(11,12)4-2-5(16)17-7(20-9(13,14)15)3(4)1-6(18)19/h2H,1H2,(H2,16,17)(H,18,19). The summed E-state index contributed by atoms with van der Waals surface area (Å²) >= 11 is 0. The van der Waals surface area contributed by atoms with Crippen molar-refractivity contribution in [2.45, 2.75) is 19.0 Å². The molecule has 1 rings (SSSR count). The summed E-state index contributed by atoms with van der Waals surface area (Å²) in [5.74, 6) is -4.20. The van der Waals surface area contributed by atoms with E-state index in [1.54, 1.807) is 0 Å². The van der Waals surface area contributed by atoms with Gasteiger partial charge in [0.1, 0.15) is 5.82 Å². The molecule has 0 spiro atoms. The van der Waals surface area contributed by atoms with Crippen molar-refractivity contribution in [1.82, 2.24) is 4.98 Å².